The summed E-state index contributed by atoms with van der Waals surface area (Å²) in [5.41, 5.74) is 1.49. The Hall–Kier alpha value is -2.37. The summed E-state index contributed by atoms with van der Waals surface area (Å²) in [4.78, 5) is 36.5. The number of rotatable bonds is 6. The molecular formula is C15H18N2O4. The lowest BCUT2D eigenvalue weighted by Gasteiger charge is -2.18. The Morgan fingerprint density at radius 1 is 1.38 bits per heavy atom. The third-order valence-electron chi connectivity index (χ3n) is 3.44. The van der Waals surface area contributed by atoms with E-state index in [4.69, 9.17) is 5.11 Å². The molecule has 0 saturated carbocycles. The predicted molar refractivity (Wildman–Crippen MR) is 75.7 cm³/mol. The highest BCUT2D eigenvalue weighted by atomic mass is 16.4. The quantitative estimate of drug-likeness (QED) is 0.818. The van der Waals surface area contributed by atoms with E-state index in [9.17, 15) is 14.4 Å². The van der Waals surface area contributed by atoms with Crippen LogP contribution in [0.15, 0.2) is 24.3 Å². The number of aliphatic carboxylic acids is 1. The van der Waals surface area contributed by atoms with Crippen LogP contribution in [0.2, 0.25) is 0 Å². The fraction of sp³-hybridized carbons (Fsp3) is 0.400. The maximum Gasteiger partial charge on any atom is 0.326 e. The molecule has 1 aromatic carbocycles. The predicted octanol–water partition coefficient (Wildman–Crippen LogP) is 1.01. The van der Waals surface area contributed by atoms with E-state index in [0.29, 0.717) is 24.9 Å². The Kier molecular flexibility index (Phi) is 4.57. The van der Waals surface area contributed by atoms with E-state index in [1.54, 1.807) is 12.1 Å². The summed E-state index contributed by atoms with van der Waals surface area (Å²) in [5, 5.41) is 11.5. The van der Waals surface area contributed by atoms with Gasteiger partial charge in [-0.2, -0.15) is 0 Å². The van der Waals surface area contributed by atoms with Crippen LogP contribution in [0.4, 0.5) is 0 Å². The topological polar surface area (TPSA) is 86.7 Å². The molecule has 112 valence electrons. The van der Waals surface area contributed by atoms with Gasteiger partial charge in [0.2, 0.25) is 5.91 Å². The van der Waals surface area contributed by atoms with Gasteiger partial charge in [0.05, 0.1) is 0 Å². The Bertz CT molecular complexity index is 571. The first-order chi connectivity index (χ1) is 10.0. The third-order valence-corrected chi connectivity index (χ3v) is 3.44. The summed E-state index contributed by atoms with van der Waals surface area (Å²) in [6.07, 6.45) is 1.03. The fourth-order valence-electron chi connectivity index (χ4n) is 2.40. The maximum atomic E-state index is 12.1. The number of carboxylic acids is 1. The van der Waals surface area contributed by atoms with E-state index >= 15 is 0 Å². The van der Waals surface area contributed by atoms with Crippen molar-refractivity contribution in [2.24, 2.45) is 0 Å². The molecule has 6 heteroatoms. The SMILES string of the molecule is CCCC(NC(=O)CN1Cc2ccccc2C1=O)C(=O)O. The number of fused-ring (bicyclic) bond motifs is 1. The van der Waals surface area contributed by atoms with Crippen molar-refractivity contribution in [3.63, 3.8) is 0 Å². The molecule has 2 N–H and O–H groups in total. The van der Waals surface area contributed by atoms with Crippen molar-refractivity contribution >= 4 is 17.8 Å². The molecule has 0 fully saturated rings. The number of carbonyl (C=O) groups is 3. The second kappa shape index (κ2) is 6.39. The Labute approximate surface area is 122 Å². The minimum atomic E-state index is -1.05. The molecule has 2 amide bonds. The highest BCUT2D eigenvalue weighted by Crippen LogP contribution is 2.21. The summed E-state index contributed by atoms with van der Waals surface area (Å²) >= 11 is 0. The molecule has 1 heterocycles. The van der Waals surface area contributed by atoms with E-state index < -0.39 is 17.9 Å². The number of nitrogens with one attached hydrogen (secondary N) is 1. The van der Waals surface area contributed by atoms with Gasteiger partial charge < -0.3 is 15.3 Å². The number of carbonyl (C=O) groups excluding carboxylic acids is 2. The van der Waals surface area contributed by atoms with Crippen molar-refractivity contribution < 1.29 is 19.5 Å². The van der Waals surface area contributed by atoms with Crippen LogP contribution in [-0.2, 0) is 16.1 Å². The maximum absolute atomic E-state index is 12.1. The van der Waals surface area contributed by atoms with Gasteiger partial charge in [-0.1, -0.05) is 31.5 Å². The number of hydrogen-bond acceptors (Lipinski definition) is 3. The molecule has 0 saturated heterocycles. The minimum Gasteiger partial charge on any atom is -0.480 e. The molecule has 0 radical (unpaired) electrons. The Morgan fingerprint density at radius 2 is 2.10 bits per heavy atom. The zero-order chi connectivity index (χ0) is 15.4. The van der Waals surface area contributed by atoms with Crippen molar-refractivity contribution in [1.82, 2.24) is 10.2 Å². The average molecular weight is 290 g/mol. The molecule has 1 aliphatic rings. The number of nitrogens with zero attached hydrogens (tertiary/aromatic N) is 1. The van der Waals surface area contributed by atoms with Crippen molar-refractivity contribution in [1.29, 1.82) is 0 Å². The van der Waals surface area contributed by atoms with Crippen LogP contribution in [0.1, 0.15) is 35.7 Å². The van der Waals surface area contributed by atoms with E-state index in [2.05, 4.69) is 5.32 Å². The molecule has 2 rings (SSSR count). The fourth-order valence-corrected chi connectivity index (χ4v) is 2.40. The van der Waals surface area contributed by atoms with Crippen LogP contribution >= 0.6 is 0 Å². The van der Waals surface area contributed by atoms with E-state index in [-0.39, 0.29) is 12.5 Å². The molecular weight excluding hydrogens is 272 g/mol. The molecule has 21 heavy (non-hydrogen) atoms. The number of carboxylic acid groups (broad SMARTS) is 1. The highest BCUT2D eigenvalue weighted by Gasteiger charge is 2.29. The summed E-state index contributed by atoms with van der Waals surface area (Å²) < 4.78 is 0. The first kappa shape index (κ1) is 15.0. The molecule has 0 bridgehead atoms. The lowest BCUT2D eigenvalue weighted by atomic mass is 10.1. The standard InChI is InChI=1S/C15H18N2O4/c1-2-5-12(15(20)21)16-13(18)9-17-8-10-6-3-4-7-11(10)14(17)19/h3-4,6-7,12H,2,5,8-9H2,1H3,(H,16,18)(H,20,21). The van der Waals surface area contributed by atoms with Gasteiger partial charge in [-0.05, 0) is 18.1 Å². The lowest BCUT2D eigenvalue weighted by Crippen LogP contribution is -2.45. The molecule has 1 atom stereocenters. The van der Waals surface area contributed by atoms with Crippen molar-refractivity contribution in [2.75, 3.05) is 6.54 Å². The first-order valence-electron chi connectivity index (χ1n) is 6.92. The monoisotopic (exact) mass is 290 g/mol. The van der Waals surface area contributed by atoms with Crippen molar-refractivity contribution in [2.45, 2.75) is 32.4 Å². The molecule has 1 unspecified atom stereocenters. The molecule has 0 aliphatic carbocycles. The third kappa shape index (κ3) is 3.39. The van der Waals surface area contributed by atoms with Crippen LogP contribution in [0, 0.1) is 0 Å². The number of amides is 2. The zero-order valence-electron chi connectivity index (χ0n) is 11.8. The van der Waals surface area contributed by atoms with Crippen LogP contribution in [-0.4, -0.2) is 40.4 Å². The largest absolute Gasteiger partial charge is 0.480 e. The van der Waals surface area contributed by atoms with E-state index in [1.165, 1.54) is 4.90 Å². The smallest absolute Gasteiger partial charge is 0.326 e. The van der Waals surface area contributed by atoms with Gasteiger partial charge in [-0.3, -0.25) is 9.59 Å². The Morgan fingerprint density at radius 3 is 2.71 bits per heavy atom. The summed E-state index contributed by atoms with van der Waals surface area (Å²) in [6.45, 7) is 2.11. The number of hydrogen-bond donors (Lipinski definition) is 2. The first-order valence-corrected chi connectivity index (χ1v) is 6.92. The van der Waals surface area contributed by atoms with Gasteiger partial charge >= 0.3 is 5.97 Å². The molecule has 1 aliphatic heterocycles. The van der Waals surface area contributed by atoms with Crippen molar-refractivity contribution in [3.05, 3.63) is 35.4 Å². The summed E-state index contributed by atoms with van der Waals surface area (Å²) in [5.74, 6) is -1.69. The highest BCUT2D eigenvalue weighted by molar-refractivity contribution is 6.00. The molecule has 0 spiro atoms. The van der Waals surface area contributed by atoms with Crippen LogP contribution < -0.4 is 5.32 Å². The van der Waals surface area contributed by atoms with Gasteiger partial charge in [0, 0.05) is 12.1 Å². The van der Waals surface area contributed by atoms with Gasteiger partial charge in [-0.25, -0.2) is 4.79 Å². The second-order valence-corrected chi connectivity index (χ2v) is 5.07. The Balaban J connectivity index is 1.96. The second-order valence-electron chi connectivity index (χ2n) is 5.07. The lowest BCUT2D eigenvalue weighted by molar-refractivity contribution is -0.142. The molecule has 0 aromatic heterocycles. The van der Waals surface area contributed by atoms with Gasteiger partial charge in [-0.15, -0.1) is 0 Å². The van der Waals surface area contributed by atoms with Gasteiger partial charge in [0.15, 0.2) is 0 Å². The number of benzene rings is 1. The zero-order valence-corrected chi connectivity index (χ0v) is 11.8. The normalized spacial score (nSPS) is 14.7. The molecule has 1 aromatic rings. The minimum absolute atomic E-state index is 0.124. The molecule has 6 nitrogen and oxygen atoms in total. The van der Waals surface area contributed by atoms with Crippen LogP contribution in [0.5, 0.6) is 0 Å². The van der Waals surface area contributed by atoms with Crippen LogP contribution in [0.25, 0.3) is 0 Å². The summed E-state index contributed by atoms with van der Waals surface area (Å²) in [7, 11) is 0. The van der Waals surface area contributed by atoms with E-state index in [1.807, 2.05) is 19.1 Å². The average Bonchev–Trinajstić information content (AvgIpc) is 2.75. The van der Waals surface area contributed by atoms with E-state index in [0.717, 1.165) is 5.56 Å². The van der Waals surface area contributed by atoms with Crippen molar-refractivity contribution in [3.8, 4) is 0 Å². The van der Waals surface area contributed by atoms with Crippen LogP contribution in [0.3, 0.4) is 0 Å². The van der Waals surface area contributed by atoms with Gasteiger partial charge in [0.1, 0.15) is 12.6 Å². The summed E-state index contributed by atoms with van der Waals surface area (Å²) in [6, 6.07) is 6.30. The van der Waals surface area contributed by atoms with Gasteiger partial charge in [0.25, 0.3) is 5.91 Å².